The molecule has 1 saturated carbocycles. The minimum absolute atomic E-state index is 0.213. The number of amides is 1. The van der Waals surface area contributed by atoms with Gasteiger partial charge in [0.2, 0.25) is 5.91 Å². The highest BCUT2D eigenvalue weighted by atomic mass is 16.5. The van der Waals surface area contributed by atoms with Crippen LogP contribution in [-0.2, 0) is 16.0 Å². The zero-order valence-electron chi connectivity index (χ0n) is 18.7. The van der Waals surface area contributed by atoms with E-state index in [1.165, 1.54) is 42.5 Å². The van der Waals surface area contributed by atoms with Crippen molar-refractivity contribution in [2.45, 2.75) is 63.8 Å². The minimum Gasteiger partial charge on any atom is -0.381 e. The molecule has 0 atom stereocenters. The van der Waals surface area contributed by atoms with Crippen LogP contribution in [0.25, 0.3) is 5.52 Å². The largest absolute Gasteiger partial charge is 0.381 e. The number of carbonyl (C=O) groups is 1. The highest BCUT2D eigenvalue weighted by Crippen LogP contribution is 2.34. The minimum atomic E-state index is 0.213. The molecule has 1 aliphatic carbocycles. The third kappa shape index (κ3) is 4.48. The van der Waals surface area contributed by atoms with E-state index in [1.54, 1.807) is 13.3 Å². The molecule has 7 heteroatoms. The van der Waals surface area contributed by atoms with Crippen LogP contribution in [0.15, 0.2) is 18.6 Å². The molecule has 2 aromatic rings. The Hall–Kier alpha value is -1.99. The normalized spacial score (nSPS) is 26.4. The summed E-state index contributed by atoms with van der Waals surface area (Å²) in [6.07, 6.45) is 12.1. The number of nitrogens with zero attached hydrogens (tertiary/aromatic N) is 5. The third-order valence-electron chi connectivity index (χ3n) is 7.80. The summed E-state index contributed by atoms with van der Waals surface area (Å²) in [4.78, 5) is 20.9. The summed E-state index contributed by atoms with van der Waals surface area (Å²) in [7, 11) is 0. The number of hydrogen-bond acceptors (Lipinski definition) is 5. The van der Waals surface area contributed by atoms with Crippen molar-refractivity contribution in [3.63, 3.8) is 0 Å². The van der Waals surface area contributed by atoms with Crippen LogP contribution in [0.5, 0.6) is 0 Å². The van der Waals surface area contributed by atoms with Crippen LogP contribution in [0.1, 0.15) is 62.6 Å². The molecule has 0 unspecified atom stereocenters. The smallest absolute Gasteiger partial charge is 0.219 e. The molecule has 0 N–H and O–H groups in total. The van der Waals surface area contributed by atoms with Gasteiger partial charge in [-0.05, 0) is 68.4 Å². The summed E-state index contributed by atoms with van der Waals surface area (Å²) in [5.74, 6) is 1.48. The van der Waals surface area contributed by atoms with Gasteiger partial charge >= 0.3 is 0 Å². The molecule has 3 fully saturated rings. The number of carbonyl (C=O) groups excluding carboxylic acids is 1. The van der Waals surface area contributed by atoms with Crippen molar-refractivity contribution in [3.05, 3.63) is 29.8 Å². The SMILES string of the molecule is CC(=O)N1CCN(C2CCC(Cc3ncnn4ccc(C5CCOCC5)c34)CC2)CC1. The van der Waals surface area contributed by atoms with Gasteiger partial charge in [-0.15, -0.1) is 0 Å². The van der Waals surface area contributed by atoms with Gasteiger partial charge in [-0.2, -0.15) is 5.10 Å². The Morgan fingerprint density at radius 2 is 1.81 bits per heavy atom. The van der Waals surface area contributed by atoms with Crippen molar-refractivity contribution < 1.29 is 9.53 Å². The summed E-state index contributed by atoms with van der Waals surface area (Å²) < 4.78 is 7.61. The zero-order chi connectivity index (χ0) is 21.2. The summed E-state index contributed by atoms with van der Waals surface area (Å²) in [6.45, 7) is 7.23. The van der Waals surface area contributed by atoms with Crippen LogP contribution in [0.3, 0.4) is 0 Å². The molecular weight excluding hydrogens is 390 g/mol. The first kappa shape index (κ1) is 20.9. The summed E-state index contributed by atoms with van der Waals surface area (Å²) in [5.41, 5.74) is 3.88. The predicted octanol–water partition coefficient (Wildman–Crippen LogP) is 2.89. The van der Waals surface area contributed by atoms with Crippen molar-refractivity contribution >= 4 is 11.4 Å². The molecule has 4 heterocycles. The molecule has 2 saturated heterocycles. The van der Waals surface area contributed by atoms with Gasteiger partial charge in [-0.25, -0.2) is 9.50 Å². The van der Waals surface area contributed by atoms with Gasteiger partial charge in [0.25, 0.3) is 0 Å². The molecule has 0 radical (unpaired) electrons. The van der Waals surface area contributed by atoms with E-state index in [0.29, 0.717) is 17.9 Å². The first-order chi connectivity index (χ1) is 15.2. The summed E-state index contributed by atoms with van der Waals surface area (Å²) in [6, 6.07) is 2.93. The Kier molecular flexibility index (Phi) is 6.23. The van der Waals surface area contributed by atoms with Crippen LogP contribution in [0, 0.1) is 5.92 Å². The van der Waals surface area contributed by atoms with E-state index in [1.807, 2.05) is 9.42 Å². The Morgan fingerprint density at radius 3 is 2.52 bits per heavy atom. The van der Waals surface area contributed by atoms with Gasteiger partial charge in [0.1, 0.15) is 6.33 Å². The quantitative estimate of drug-likeness (QED) is 0.754. The Balaban J connectivity index is 1.22. The molecule has 5 rings (SSSR count). The maximum Gasteiger partial charge on any atom is 0.219 e. The van der Waals surface area contributed by atoms with E-state index in [0.717, 1.165) is 58.7 Å². The van der Waals surface area contributed by atoms with Gasteiger partial charge < -0.3 is 9.64 Å². The molecule has 2 aromatic heterocycles. The highest BCUT2D eigenvalue weighted by molar-refractivity contribution is 5.73. The number of rotatable bonds is 4. The van der Waals surface area contributed by atoms with E-state index >= 15 is 0 Å². The average Bonchev–Trinajstić information content (AvgIpc) is 3.26. The topological polar surface area (TPSA) is 63.0 Å². The van der Waals surface area contributed by atoms with Crippen LogP contribution in [0.4, 0.5) is 0 Å². The van der Waals surface area contributed by atoms with Crippen molar-refractivity contribution in [2.75, 3.05) is 39.4 Å². The molecule has 7 nitrogen and oxygen atoms in total. The Bertz CT molecular complexity index is 891. The van der Waals surface area contributed by atoms with E-state index in [9.17, 15) is 4.79 Å². The predicted molar refractivity (Wildman–Crippen MR) is 119 cm³/mol. The highest BCUT2D eigenvalue weighted by Gasteiger charge is 2.30. The standard InChI is InChI=1S/C24H35N5O2/c1-18(30)27-10-12-28(13-11-27)21-4-2-19(3-5-21)16-23-24-22(20-7-14-31-15-8-20)6-9-29(24)26-17-25-23/h6,9,17,19-21H,2-5,7-8,10-16H2,1H3. The number of piperazine rings is 1. The fraction of sp³-hybridized carbons (Fsp3) is 0.708. The van der Waals surface area contributed by atoms with Crippen molar-refractivity contribution in [1.29, 1.82) is 0 Å². The second-order valence-electron chi connectivity index (χ2n) is 9.58. The van der Waals surface area contributed by atoms with E-state index in [4.69, 9.17) is 9.72 Å². The van der Waals surface area contributed by atoms with Gasteiger partial charge in [0.05, 0.1) is 11.2 Å². The number of fused-ring (bicyclic) bond motifs is 1. The molecule has 168 valence electrons. The first-order valence-electron chi connectivity index (χ1n) is 12.1. The third-order valence-corrected chi connectivity index (χ3v) is 7.80. The maximum absolute atomic E-state index is 11.6. The molecule has 1 amide bonds. The second-order valence-corrected chi connectivity index (χ2v) is 9.58. The molecule has 0 bridgehead atoms. The summed E-state index contributed by atoms with van der Waals surface area (Å²) in [5, 5.41) is 4.48. The summed E-state index contributed by atoms with van der Waals surface area (Å²) >= 11 is 0. The maximum atomic E-state index is 11.6. The zero-order valence-corrected chi connectivity index (χ0v) is 18.7. The Labute approximate surface area is 184 Å². The molecule has 0 spiro atoms. The molecule has 31 heavy (non-hydrogen) atoms. The average molecular weight is 426 g/mol. The number of aromatic nitrogens is 3. The van der Waals surface area contributed by atoms with Crippen molar-refractivity contribution in [3.8, 4) is 0 Å². The van der Waals surface area contributed by atoms with Gasteiger partial charge in [0.15, 0.2) is 0 Å². The second kappa shape index (κ2) is 9.25. The van der Waals surface area contributed by atoms with Crippen LogP contribution in [0.2, 0.25) is 0 Å². The number of hydrogen-bond donors (Lipinski definition) is 0. The van der Waals surface area contributed by atoms with Crippen molar-refractivity contribution in [1.82, 2.24) is 24.4 Å². The Morgan fingerprint density at radius 1 is 1.06 bits per heavy atom. The lowest BCUT2D eigenvalue weighted by atomic mass is 9.82. The lowest BCUT2D eigenvalue weighted by Crippen LogP contribution is -2.52. The first-order valence-corrected chi connectivity index (χ1v) is 12.1. The van der Waals surface area contributed by atoms with Gasteiger partial charge in [-0.3, -0.25) is 9.69 Å². The number of ether oxygens (including phenoxy) is 1. The fourth-order valence-corrected chi connectivity index (χ4v) is 5.92. The van der Waals surface area contributed by atoms with Crippen LogP contribution in [-0.4, -0.2) is 75.7 Å². The molecule has 3 aliphatic rings. The molecular formula is C24H35N5O2. The monoisotopic (exact) mass is 425 g/mol. The lowest BCUT2D eigenvalue weighted by molar-refractivity contribution is -0.131. The fourth-order valence-electron chi connectivity index (χ4n) is 5.92. The van der Waals surface area contributed by atoms with Crippen molar-refractivity contribution in [2.24, 2.45) is 5.92 Å². The van der Waals surface area contributed by atoms with E-state index in [2.05, 4.69) is 22.3 Å². The van der Waals surface area contributed by atoms with E-state index in [-0.39, 0.29) is 5.91 Å². The molecule has 2 aliphatic heterocycles. The van der Waals surface area contributed by atoms with Crippen LogP contribution >= 0.6 is 0 Å². The lowest BCUT2D eigenvalue weighted by Gasteiger charge is -2.41. The van der Waals surface area contributed by atoms with E-state index < -0.39 is 0 Å². The molecule has 0 aromatic carbocycles. The van der Waals surface area contributed by atoms with Gasteiger partial charge in [-0.1, -0.05) is 0 Å². The van der Waals surface area contributed by atoms with Gasteiger partial charge in [0, 0.05) is 58.6 Å². The van der Waals surface area contributed by atoms with Crippen LogP contribution < -0.4 is 0 Å².